The number of hydrogen-bond donors (Lipinski definition) is 0. The van der Waals surface area contributed by atoms with Crippen LogP contribution in [0, 0.1) is 18.6 Å². The van der Waals surface area contributed by atoms with E-state index >= 15 is 0 Å². The summed E-state index contributed by atoms with van der Waals surface area (Å²) in [4.78, 5) is 0. The zero-order valence-electron chi connectivity index (χ0n) is 9.55. The molecule has 0 aliphatic rings. The molecule has 4 heteroatoms. The van der Waals surface area contributed by atoms with Crippen molar-refractivity contribution in [2.45, 2.75) is 12.3 Å². The minimum Gasteiger partial charge on any atom is -0.207 e. The lowest BCUT2D eigenvalue weighted by Crippen LogP contribution is -1.98. The summed E-state index contributed by atoms with van der Waals surface area (Å²) >= 11 is 9.32. The molecule has 0 spiro atoms. The molecule has 0 fully saturated rings. The number of rotatable bonds is 2. The van der Waals surface area contributed by atoms with E-state index in [2.05, 4.69) is 15.9 Å². The third-order valence-electron chi connectivity index (χ3n) is 2.67. The van der Waals surface area contributed by atoms with Gasteiger partial charge in [-0.15, -0.1) is 11.6 Å². The Morgan fingerprint density at radius 3 is 2.39 bits per heavy atom. The summed E-state index contributed by atoms with van der Waals surface area (Å²) in [5.74, 6) is -0.720. The molecular formula is C14H10BrClF2. The fraction of sp³-hybridized carbons (Fsp3) is 0.143. The minimum atomic E-state index is -0.637. The van der Waals surface area contributed by atoms with Crippen molar-refractivity contribution >= 4 is 27.5 Å². The quantitative estimate of drug-likeness (QED) is 0.650. The Morgan fingerprint density at radius 2 is 1.78 bits per heavy atom. The van der Waals surface area contributed by atoms with E-state index in [0.29, 0.717) is 15.6 Å². The lowest BCUT2D eigenvalue weighted by Gasteiger charge is -2.12. The molecule has 0 saturated carbocycles. The van der Waals surface area contributed by atoms with Gasteiger partial charge in [0.25, 0.3) is 0 Å². The van der Waals surface area contributed by atoms with Gasteiger partial charge in [-0.05, 0) is 52.2 Å². The summed E-state index contributed by atoms with van der Waals surface area (Å²) in [6.07, 6.45) is 0. The Balaban J connectivity index is 2.41. The van der Waals surface area contributed by atoms with Crippen LogP contribution in [0.25, 0.3) is 0 Å². The molecule has 0 radical (unpaired) electrons. The Hall–Kier alpha value is -0.930. The van der Waals surface area contributed by atoms with Crippen LogP contribution in [0.2, 0.25) is 0 Å². The van der Waals surface area contributed by atoms with Gasteiger partial charge in [0.15, 0.2) is 0 Å². The zero-order valence-corrected chi connectivity index (χ0v) is 11.9. The van der Waals surface area contributed by atoms with Gasteiger partial charge in [0.05, 0.1) is 9.85 Å². The first kappa shape index (κ1) is 13.5. The SMILES string of the molecule is Cc1ccc(C(Cl)c2ccc(F)c(Br)c2)c(F)c1. The molecule has 0 bridgehead atoms. The van der Waals surface area contributed by atoms with E-state index in [1.54, 1.807) is 24.3 Å². The van der Waals surface area contributed by atoms with Crippen molar-refractivity contribution in [3.8, 4) is 0 Å². The van der Waals surface area contributed by atoms with Crippen LogP contribution < -0.4 is 0 Å². The second-order valence-electron chi connectivity index (χ2n) is 4.06. The van der Waals surface area contributed by atoms with E-state index in [1.807, 2.05) is 6.92 Å². The summed E-state index contributed by atoms with van der Waals surface area (Å²) < 4.78 is 27.2. The van der Waals surface area contributed by atoms with Gasteiger partial charge in [0.1, 0.15) is 11.6 Å². The molecule has 94 valence electrons. The van der Waals surface area contributed by atoms with Gasteiger partial charge < -0.3 is 0 Å². The second kappa shape index (κ2) is 5.37. The maximum Gasteiger partial charge on any atom is 0.137 e. The predicted octanol–water partition coefficient (Wildman–Crippen LogP) is 5.36. The number of alkyl halides is 1. The summed E-state index contributed by atoms with van der Waals surface area (Å²) in [5.41, 5.74) is 1.87. The minimum absolute atomic E-state index is 0.318. The molecule has 0 amide bonds. The van der Waals surface area contributed by atoms with Gasteiger partial charge >= 0.3 is 0 Å². The molecule has 1 atom stereocenters. The summed E-state index contributed by atoms with van der Waals surface area (Å²) in [6, 6.07) is 9.31. The van der Waals surface area contributed by atoms with Gasteiger partial charge in [-0.3, -0.25) is 0 Å². The number of aryl methyl sites for hydroxylation is 1. The smallest absolute Gasteiger partial charge is 0.137 e. The highest BCUT2D eigenvalue weighted by Crippen LogP contribution is 2.32. The lowest BCUT2D eigenvalue weighted by atomic mass is 10.0. The number of hydrogen-bond acceptors (Lipinski definition) is 0. The average molecular weight is 332 g/mol. The monoisotopic (exact) mass is 330 g/mol. The van der Waals surface area contributed by atoms with E-state index in [9.17, 15) is 8.78 Å². The number of halogens is 4. The van der Waals surface area contributed by atoms with Gasteiger partial charge in [-0.25, -0.2) is 8.78 Å². The molecule has 0 saturated heterocycles. The lowest BCUT2D eigenvalue weighted by molar-refractivity contribution is 0.610. The molecule has 2 rings (SSSR count). The fourth-order valence-electron chi connectivity index (χ4n) is 1.69. The summed E-state index contributed by atoms with van der Waals surface area (Å²) in [7, 11) is 0. The molecular weight excluding hydrogens is 322 g/mol. The molecule has 0 N–H and O–H groups in total. The molecule has 0 aliphatic carbocycles. The van der Waals surface area contributed by atoms with Gasteiger partial charge in [-0.2, -0.15) is 0 Å². The van der Waals surface area contributed by atoms with Crippen LogP contribution >= 0.6 is 27.5 Å². The topological polar surface area (TPSA) is 0 Å². The highest BCUT2D eigenvalue weighted by atomic mass is 79.9. The van der Waals surface area contributed by atoms with Gasteiger partial charge in [0.2, 0.25) is 0 Å². The van der Waals surface area contributed by atoms with Crippen LogP contribution in [0.15, 0.2) is 40.9 Å². The Bertz CT molecular complexity index is 584. The third kappa shape index (κ3) is 2.73. The fourth-order valence-corrected chi connectivity index (χ4v) is 2.40. The molecule has 18 heavy (non-hydrogen) atoms. The molecule has 0 nitrogen and oxygen atoms in total. The van der Waals surface area contributed by atoms with E-state index in [1.165, 1.54) is 12.1 Å². The Kier molecular flexibility index (Phi) is 4.03. The summed E-state index contributed by atoms with van der Waals surface area (Å²) in [5, 5.41) is -0.637. The molecule has 1 unspecified atom stereocenters. The van der Waals surface area contributed by atoms with E-state index < -0.39 is 5.38 Å². The van der Waals surface area contributed by atoms with Gasteiger partial charge in [-0.1, -0.05) is 18.2 Å². The molecule has 0 heterocycles. The first-order valence-corrected chi connectivity index (χ1v) is 6.57. The molecule has 2 aromatic carbocycles. The van der Waals surface area contributed by atoms with Crippen molar-refractivity contribution < 1.29 is 8.78 Å². The van der Waals surface area contributed by atoms with Gasteiger partial charge in [0, 0.05) is 5.56 Å². The average Bonchev–Trinajstić information content (AvgIpc) is 2.32. The first-order valence-electron chi connectivity index (χ1n) is 5.34. The first-order chi connectivity index (χ1) is 8.49. The van der Waals surface area contributed by atoms with Crippen LogP contribution in [0.4, 0.5) is 8.78 Å². The summed E-state index contributed by atoms with van der Waals surface area (Å²) in [6.45, 7) is 1.81. The Morgan fingerprint density at radius 1 is 1.06 bits per heavy atom. The van der Waals surface area contributed by atoms with Crippen molar-refractivity contribution in [2.75, 3.05) is 0 Å². The highest BCUT2D eigenvalue weighted by molar-refractivity contribution is 9.10. The normalized spacial score (nSPS) is 12.5. The second-order valence-corrected chi connectivity index (χ2v) is 5.35. The zero-order chi connectivity index (χ0) is 13.3. The van der Waals surface area contributed by atoms with Crippen LogP contribution in [0.1, 0.15) is 22.1 Å². The van der Waals surface area contributed by atoms with Crippen molar-refractivity contribution in [2.24, 2.45) is 0 Å². The number of benzene rings is 2. The molecule has 2 aromatic rings. The maximum atomic E-state index is 13.8. The predicted molar refractivity (Wildman–Crippen MR) is 72.9 cm³/mol. The standard InChI is InChI=1S/C14H10BrClF2/c1-8-2-4-10(13(18)6-8)14(16)9-3-5-12(17)11(15)7-9/h2-7,14H,1H3. The third-order valence-corrected chi connectivity index (χ3v) is 3.76. The molecule has 0 aromatic heterocycles. The van der Waals surface area contributed by atoms with Crippen molar-refractivity contribution in [3.05, 3.63) is 69.2 Å². The van der Waals surface area contributed by atoms with Crippen molar-refractivity contribution in [3.63, 3.8) is 0 Å². The van der Waals surface area contributed by atoms with Crippen LogP contribution in [-0.2, 0) is 0 Å². The van der Waals surface area contributed by atoms with Crippen LogP contribution in [0.3, 0.4) is 0 Å². The van der Waals surface area contributed by atoms with E-state index in [-0.39, 0.29) is 11.6 Å². The largest absolute Gasteiger partial charge is 0.207 e. The highest BCUT2D eigenvalue weighted by Gasteiger charge is 2.16. The van der Waals surface area contributed by atoms with E-state index in [0.717, 1.165) is 5.56 Å². The van der Waals surface area contributed by atoms with E-state index in [4.69, 9.17) is 11.6 Å². The Labute approximate surface area is 118 Å². The van der Waals surface area contributed by atoms with Crippen molar-refractivity contribution in [1.29, 1.82) is 0 Å². The molecule has 0 aliphatic heterocycles. The van der Waals surface area contributed by atoms with Crippen molar-refractivity contribution in [1.82, 2.24) is 0 Å². The maximum absolute atomic E-state index is 13.8. The van der Waals surface area contributed by atoms with Crippen LogP contribution in [-0.4, -0.2) is 0 Å². The van der Waals surface area contributed by atoms with Crippen LogP contribution in [0.5, 0.6) is 0 Å².